The van der Waals surface area contributed by atoms with E-state index in [2.05, 4.69) is 40.8 Å². The molecule has 0 amide bonds. The number of carbonyl (C=O) groups excluding carboxylic acids is 1. The van der Waals surface area contributed by atoms with Crippen molar-refractivity contribution in [2.45, 2.75) is 135 Å². The average Bonchev–Trinajstić information content (AvgIpc) is 2.51. The van der Waals surface area contributed by atoms with Gasteiger partial charge in [0.2, 0.25) is 0 Å². The third kappa shape index (κ3) is 9.03. The maximum atomic E-state index is 12.0. The number of rotatable bonds is 12. The SMILES string of the molecule is CCCCCCCCCCC[C@H]1CC(O[Si](C)(C)C(C)(C)C)CC(=O)O1. The first kappa shape index (κ1) is 23.7. The smallest absolute Gasteiger partial charge is 0.308 e. The van der Waals surface area contributed by atoms with Gasteiger partial charge in [0.1, 0.15) is 6.10 Å². The Balaban J connectivity index is 2.24. The molecule has 3 nitrogen and oxygen atoms in total. The zero-order chi connectivity index (χ0) is 19.6. The molecule has 1 heterocycles. The molecule has 1 unspecified atom stereocenters. The highest BCUT2D eigenvalue weighted by Gasteiger charge is 2.41. The predicted molar refractivity (Wildman–Crippen MR) is 113 cm³/mol. The Hall–Kier alpha value is -0.353. The second-order valence-corrected chi connectivity index (χ2v) is 14.4. The Morgan fingerprint density at radius 2 is 1.54 bits per heavy atom. The number of carbonyl (C=O) groups is 1. The molecule has 0 aliphatic carbocycles. The van der Waals surface area contributed by atoms with Gasteiger partial charge in [-0.3, -0.25) is 4.79 Å². The van der Waals surface area contributed by atoms with Crippen LogP contribution in [-0.4, -0.2) is 26.5 Å². The number of ether oxygens (including phenoxy) is 1. The van der Waals surface area contributed by atoms with E-state index in [1.54, 1.807) is 0 Å². The molecular formula is C22H44O3Si. The molecule has 0 spiro atoms. The summed E-state index contributed by atoms with van der Waals surface area (Å²) in [6.07, 6.45) is 14.4. The van der Waals surface area contributed by atoms with E-state index in [-0.39, 0.29) is 23.2 Å². The van der Waals surface area contributed by atoms with Crippen LogP contribution in [0.4, 0.5) is 0 Å². The van der Waals surface area contributed by atoms with Crippen molar-refractivity contribution in [3.8, 4) is 0 Å². The molecule has 0 aromatic heterocycles. The minimum atomic E-state index is -1.82. The summed E-state index contributed by atoms with van der Waals surface area (Å²) in [5, 5.41) is 0.182. The van der Waals surface area contributed by atoms with Crippen molar-refractivity contribution in [3.05, 3.63) is 0 Å². The van der Waals surface area contributed by atoms with Crippen molar-refractivity contribution in [1.29, 1.82) is 0 Å². The third-order valence-corrected chi connectivity index (χ3v) is 10.7. The van der Waals surface area contributed by atoms with Crippen LogP contribution in [0.3, 0.4) is 0 Å². The van der Waals surface area contributed by atoms with Gasteiger partial charge in [0.15, 0.2) is 8.32 Å². The summed E-state index contributed by atoms with van der Waals surface area (Å²) in [4.78, 5) is 12.0. The van der Waals surface area contributed by atoms with Crippen LogP contribution >= 0.6 is 0 Å². The summed E-state index contributed by atoms with van der Waals surface area (Å²) in [6, 6.07) is 0. The van der Waals surface area contributed by atoms with Crippen molar-refractivity contribution in [2.24, 2.45) is 0 Å². The lowest BCUT2D eigenvalue weighted by Gasteiger charge is -2.41. The van der Waals surface area contributed by atoms with E-state index in [1.165, 1.54) is 57.8 Å². The molecule has 0 aromatic carbocycles. The van der Waals surface area contributed by atoms with Crippen LogP contribution in [0.1, 0.15) is 105 Å². The zero-order valence-corrected chi connectivity index (χ0v) is 19.4. The van der Waals surface area contributed by atoms with E-state index in [4.69, 9.17) is 9.16 Å². The topological polar surface area (TPSA) is 35.5 Å². The van der Waals surface area contributed by atoms with Crippen LogP contribution < -0.4 is 0 Å². The molecule has 1 fully saturated rings. The fraction of sp³-hybridized carbons (Fsp3) is 0.955. The van der Waals surface area contributed by atoms with Gasteiger partial charge in [0, 0.05) is 6.42 Å². The molecule has 1 saturated heterocycles. The third-order valence-electron chi connectivity index (χ3n) is 6.12. The van der Waals surface area contributed by atoms with Crippen LogP contribution in [0.25, 0.3) is 0 Å². The molecule has 0 bridgehead atoms. The van der Waals surface area contributed by atoms with Gasteiger partial charge in [0.05, 0.1) is 12.5 Å². The quantitative estimate of drug-likeness (QED) is 0.206. The zero-order valence-electron chi connectivity index (χ0n) is 18.4. The van der Waals surface area contributed by atoms with Crippen LogP contribution in [0.2, 0.25) is 18.1 Å². The van der Waals surface area contributed by atoms with Crippen LogP contribution in [0.5, 0.6) is 0 Å². The van der Waals surface area contributed by atoms with E-state index >= 15 is 0 Å². The average molecular weight is 385 g/mol. The van der Waals surface area contributed by atoms with Gasteiger partial charge in [-0.15, -0.1) is 0 Å². The van der Waals surface area contributed by atoms with Gasteiger partial charge in [0.25, 0.3) is 0 Å². The number of cyclic esters (lactones) is 1. The summed E-state index contributed by atoms with van der Waals surface area (Å²) in [7, 11) is -1.82. The first-order chi connectivity index (χ1) is 12.2. The van der Waals surface area contributed by atoms with Crippen molar-refractivity contribution < 1.29 is 14.0 Å². The van der Waals surface area contributed by atoms with E-state index in [9.17, 15) is 4.79 Å². The Bertz CT molecular complexity index is 401. The van der Waals surface area contributed by atoms with Crippen molar-refractivity contribution in [2.75, 3.05) is 0 Å². The summed E-state index contributed by atoms with van der Waals surface area (Å²) in [6.45, 7) is 13.5. The van der Waals surface area contributed by atoms with Gasteiger partial charge in [-0.05, 0) is 31.0 Å². The summed E-state index contributed by atoms with van der Waals surface area (Å²) in [5.74, 6) is -0.0686. The molecule has 1 aliphatic rings. The molecule has 154 valence electrons. The Morgan fingerprint density at radius 1 is 1.00 bits per heavy atom. The Labute approximate surface area is 163 Å². The fourth-order valence-corrected chi connectivity index (χ4v) is 4.75. The van der Waals surface area contributed by atoms with Crippen molar-refractivity contribution in [3.63, 3.8) is 0 Å². The molecule has 0 radical (unpaired) electrons. The molecule has 0 N–H and O–H groups in total. The molecular weight excluding hydrogens is 340 g/mol. The molecule has 4 heteroatoms. The maximum absolute atomic E-state index is 12.0. The molecule has 0 saturated carbocycles. The molecule has 26 heavy (non-hydrogen) atoms. The number of hydrogen-bond donors (Lipinski definition) is 0. The second-order valence-electron chi connectivity index (χ2n) is 9.67. The second kappa shape index (κ2) is 11.5. The highest BCUT2D eigenvalue weighted by Crippen LogP contribution is 2.39. The summed E-state index contributed by atoms with van der Waals surface area (Å²) in [5.41, 5.74) is 0. The van der Waals surface area contributed by atoms with Gasteiger partial charge >= 0.3 is 5.97 Å². The molecule has 0 aromatic rings. The number of unbranched alkanes of at least 4 members (excludes halogenated alkanes) is 8. The van der Waals surface area contributed by atoms with Crippen LogP contribution in [-0.2, 0) is 14.0 Å². The largest absolute Gasteiger partial charge is 0.462 e. The van der Waals surface area contributed by atoms with Crippen LogP contribution in [0.15, 0.2) is 0 Å². The first-order valence-corrected chi connectivity index (χ1v) is 13.9. The monoisotopic (exact) mass is 384 g/mol. The van der Waals surface area contributed by atoms with Crippen molar-refractivity contribution >= 4 is 14.3 Å². The molecule has 1 rings (SSSR count). The lowest BCUT2D eigenvalue weighted by Crippen LogP contribution is -2.47. The predicted octanol–water partition coefficient (Wildman–Crippen LogP) is 7.00. The summed E-state index contributed by atoms with van der Waals surface area (Å²) >= 11 is 0. The van der Waals surface area contributed by atoms with Gasteiger partial charge in [-0.1, -0.05) is 79.1 Å². The highest BCUT2D eigenvalue weighted by atomic mass is 28.4. The lowest BCUT2D eigenvalue weighted by molar-refractivity contribution is -0.159. The molecule has 1 aliphatic heterocycles. The molecule has 2 atom stereocenters. The highest BCUT2D eigenvalue weighted by molar-refractivity contribution is 6.74. The van der Waals surface area contributed by atoms with Crippen LogP contribution in [0, 0.1) is 0 Å². The maximum Gasteiger partial charge on any atom is 0.308 e. The number of esters is 1. The van der Waals surface area contributed by atoms with Gasteiger partial charge in [-0.2, -0.15) is 0 Å². The Kier molecular flexibility index (Phi) is 10.5. The van der Waals surface area contributed by atoms with E-state index < -0.39 is 8.32 Å². The number of hydrogen-bond acceptors (Lipinski definition) is 3. The minimum absolute atomic E-state index is 0.0562. The van der Waals surface area contributed by atoms with Crippen molar-refractivity contribution in [1.82, 2.24) is 0 Å². The van der Waals surface area contributed by atoms with E-state index in [1.807, 2.05) is 0 Å². The Morgan fingerprint density at radius 3 is 2.08 bits per heavy atom. The fourth-order valence-electron chi connectivity index (χ4n) is 3.39. The van der Waals surface area contributed by atoms with E-state index in [0.29, 0.717) is 6.42 Å². The first-order valence-electron chi connectivity index (χ1n) is 11.0. The normalized spacial score (nSPS) is 21.7. The van der Waals surface area contributed by atoms with Gasteiger partial charge in [-0.25, -0.2) is 0 Å². The standard InChI is InChI=1S/C22H44O3Si/c1-7-8-9-10-11-12-13-14-15-16-19-17-20(18-21(23)24-19)25-26(5,6)22(2,3)4/h19-20H,7-18H2,1-6H3/t19-,20?/m0/s1. The lowest BCUT2D eigenvalue weighted by atomic mass is 9.99. The summed E-state index contributed by atoms with van der Waals surface area (Å²) < 4.78 is 12.1. The van der Waals surface area contributed by atoms with Gasteiger partial charge < -0.3 is 9.16 Å². The minimum Gasteiger partial charge on any atom is -0.462 e. The van der Waals surface area contributed by atoms with E-state index in [0.717, 1.165) is 12.8 Å².